The van der Waals surface area contributed by atoms with Crippen LogP contribution in [0.25, 0.3) is 11.3 Å². The van der Waals surface area contributed by atoms with Crippen molar-refractivity contribution in [3.8, 4) is 11.3 Å². The van der Waals surface area contributed by atoms with E-state index in [1.54, 1.807) is 0 Å². The molecular formula is C9H7N3O. The Bertz CT molecular complexity index is 450. The lowest BCUT2D eigenvalue weighted by Gasteiger charge is -1.95. The molecule has 1 heterocycles. The van der Waals surface area contributed by atoms with E-state index in [1.165, 1.54) is 6.20 Å². The molecule has 0 aliphatic rings. The third-order valence-corrected chi connectivity index (χ3v) is 1.68. The highest BCUT2D eigenvalue weighted by Gasteiger charge is 2.01. The van der Waals surface area contributed by atoms with Gasteiger partial charge in [0.1, 0.15) is 5.69 Å². The minimum Gasteiger partial charge on any atom is -0.286 e. The first-order valence-electron chi connectivity index (χ1n) is 3.83. The fraction of sp³-hybridized carbons (Fsp3) is 0. The predicted octanol–water partition coefficient (Wildman–Crippen LogP) is 0.832. The van der Waals surface area contributed by atoms with Crippen LogP contribution >= 0.6 is 0 Å². The highest BCUT2D eigenvalue weighted by atomic mass is 16.1. The van der Waals surface area contributed by atoms with Crippen LogP contribution in [0, 0.1) is 0 Å². The predicted molar refractivity (Wildman–Crippen MR) is 48.1 cm³/mol. The highest BCUT2D eigenvalue weighted by molar-refractivity contribution is 5.57. The van der Waals surface area contributed by atoms with Crippen LogP contribution < -0.4 is 5.43 Å². The summed E-state index contributed by atoms with van der Waals surface area (Å²) in [6, 6.07) is 9.27. The topological polar surface area (TPSA) is 58.6 Å². The molecule has 0 fully saturated rings. The summed E-state index contributed by atoms with van der Waals surface area (Å²) in [6.45, 7) is 0. The van der Waals surface area contributed by atoms with Crippen molar-refractivity contribution in [2.75, 3.05) is 0 Å². The number of rotatable bonds is 1. The number of hydrogen-bond donors (Lipinski definition) is 1. The van der Waals surface area contributed by atoms with E-state index in [2.05, 4.69) is 15.4 Å². The fourth-order valence-corrected chi connectivity index (χ4v) is 1.09. The molecule has 1 aromatic carbocycles. The molecule has 0 spiro atoms. The van der Waals surface area contributed by atoms with Crippen LogP contribution in [0.3, 0.4) is 0 Å². The van der Waals surface area contributed by atoms with Gasteiger partial charge < -0.3 is 0 Å². The second kappa shape index (κ2) is 3.18. The second-order valence-corrected chi connectivity index (χ2v) is 2.55. The zero-order chi connectivity index (χ0) is 9.10. The van der Waals surface area contributed by atoms with E-state index in [0.717, 1.165) is 5.56 Å². The van der Waals surface area contributed by atoms with E-state index in [9.17, 15) is 4.79 Å². The Balaban J connectivity index is 2.60. The zero-order valence-corrected chi connectivity index (χ0v) is 6.77. The van der Waals surface area contributed by atoms with E-state index >= 15 is 0 Å². The largest absolute Gasteiger partial charge is 0.286 e. The number of benzene rings is 1. The van der Waals surface area contributed by atoms with Crippen molar-refractivity contribution in [3.63, 3.8) is 0 Å². The normalized spacial score (nSPS) is 9.85. The van der Waals surface area contributed by atoms with Gasteiger partial charge in [0.2, 0.25) is 5.43 Å². The molecule has 0 unspecified atom stereocenters. The quantitative estimate of drug-likeness (QED) is 0.694. The SMILES string of the molecule is O=c1cn[nH]nc1-c1ccccc1. The lowest BCUT2D eigenvalue weighted by atomic mass is 10.1. The third-order valence-electron chi connectivity index (χ3n) is 1.68. The Morgan fingerprint density at radius 1 is 1.15 bits per heavy atom. The first kappa shape index (κ1) is 7.67. The average Bonchev–Trinajstić information content (AvgIpc) is 2.20. The molecule has 13 heavy (non-hydrogen) atoms. The molecule has 0 saturated carbocycles. The molecule has 64 valence electrons. The Kier molecular flexibility index (Phi) is 1.88. The van der Waals surface area contributed by atoms with Crippen LogP contribution in [0.4, 0.5) is 0 Å². The van der Waals surface area contributed by atoms with Crippen molar-refractivity contribution in [1.82, 2.24) is 15.4 Å². The summed E-state index contributed by atoms with van der Waals surface area (Å²) in [4.78, 5) is 11.3. The molecule has 0 aliphatic heterocycles. The van der Waals surface area contributed by atoms with Crippen molar-refractivity contribution in [2.45, 2.75) is 0 Å². The number of hydrogen-bond acceptors (Lipinski definition) is 3. The maximum Gasteiger partial charge on any atom is 0.226 e. The van der Waals surface area contributed by atoms with Crippen LogP contribution in [-0.2, 0) is 0 Å². The molecule has 1 N–H and O–H groups in total. The van der Waals surface area contributed by atoms with Gasteiger partial charge in [-0.1, -0.05) is 30.3 Å². The average molecular weight is 173 g/mol. The molecule has 0 atom stereocenters. The highest BCUT2D eigenvalue weighted by Crippen LogP contribution is 2.09. The second-order valence-electron chi connectivity index (χ2n) is 2.55. The Morgan fingerprint density at radius 2 is 1.92 bits per heavy atom. The van der Waals surface area contributed by atoms with Gasteiger partial charge in [-0.25, -0.2) is 0 Å². The van der Waals surface area contributed by atoms with E-state index < -0.39 is 0 Å². The van der Waals surface area contributed by atoms with E-state index in [1.807, 2.05) is 30.3 Å². The van der Waals surface area contributed by atoms with Gasteiger partial charge in [0.25, 0.3) is 0 Å². The minimum absolute atomic E-state index is 0.176. The zero-order valence-electron chi connectivity index (χ0n) is 6.77. The van der Waals surface area contributed by atoms with E-state index in [0.29, 0.717) is 5.69 Å². The fourth-order valence-electron chi connectivity index (χ4n) is 1.09. The monoisotopic (exact) mass is 173 g/mol. The van der Waals surface area contributed by atoms with Crippen molar-refractivity contribution in [1.29, 1.82) is 0 Å². The Labute approximate surface area is 74.2 Å². The van der Waals surface area contributed by atoms with Gasteiger partial charge in [-0.15, -0.1) is 0 Å². The first-order valence-corrected chi connectivity index (χ1v) is 3.83. The molecular weight excluding hydrogens is 166 g/mol. The molecule has 4 nitrogen and oxygen atoms in total. The summed E-state index contributed by atoms with van der Waals surface area (Å²) in [5.74, 6) is 0. The van der Waals surface area contributed by atoms with Crippen LogP contribution in [0.2, 0.25) is 0 Å². The van der Waals surface area contributed by atoms with Gasteiger partial charge in [-0.3, -0.25) is 4.79 Å². The minimum atomic E-state index is -0.176. The molecule has 0 amide bonds. The van der Waals surface area contributed by atoms with Crippen LogP contribution in [-0.4, -0.2) is 15.4 Å². The van der Waals surface area contributed by atoms with Gasteiger partial charge in [-0.05, 0) is 0 Å². The van der Waals surface area contributed by atoms with Gasteiger partial charge in [0.15, 0.2) is 0 Å². The summed E-state index contributed by atoms with van der Waals surface area (Å²) < 4.78 is 0. The molecule has 0 saturated heterocycles. The van der Waals surface area contributed by atoms with Crippen molar-refractivity contribution < 1.29 is 0 Å². The Hall–Kier alpha value is -1.97. The lowest BCUT2D eigenvalue weighted by Crippen LogP contribution is -2.08. The van der Waals surface area contributed by atoms with E-state index in [-0.39, 0.29) is 5.43 Å². The van der Waals surface area contributed by atoms with Crippen molar-refractivity contribution in [2.24, 2.45) is 0 Å². The molecule has 2 rings (SSSR count). The molecule has 0 bridgehead atoms. The molecule has 0 radical (unpaired) electrons. The van der Waals surface area contributed by atoms with Crippen LogP contribution in [0.1, 0.15) is 0 Å². The molecule has 2 aromatic rings. The van der Waals surface area contributed by atoms with Gasteiger partial charge in [0, 0.05) is 5.56 Å². The first-order chi connectivity index (χ1) is 6.38. The molecule has 1 aromatic heterocycles. The van der Waals surface area contributed by atoms with E-state index in [4.69, 9.17) is 0 Å². The molecule has 0 aliphatic carbocycles. The van der Waals surface area contributed by atoms with Gasteiger partial charge >= 0.3 is 0 Å². The van der Waals surface area contributed by atoms with Crippen molar-refractivity contribution in [3.05, 3.63) is 46.8 Å². The maximum atomic E-state index is 11.3. The number of H-pyrrole nitrogens is 1. The van der Waals surface area contributed by atoms with Gasteiger partial charge in [-0.2, -0.15) is 15.4 Å². The maximum absolute atomic E-state index is 11.3. The summed E-state index contributed by atoms with van der Waals surface area (Å²) in [7, 11) is 0. The summed E-state index contributed by atoms with van der Waals surface area (Å²) in [5, 5.41) is 9.72. The number of nitrogens with one attached hydrogen (secondary N) is 1. The van der Waals surface area contributed by atoms with Crippen LogP contribution in [0.5, 0.6) is 0 Å². The summed E-state index contributed by atoms with van der Waals surface area (Å²) in [6.07, 6.45) is 1.22. The summed E-state index contributed by atoms with van der Waals surface area (Å²) >= 11 is 0. The van der Waals surface area contributed by atoms with Gasteiger partial charge in [0.05, 0.1) is 6.20 Å². The Morgan fingerprint density at radius 3 is 2.62 bits per heavy atom. The molecule has 4 heteroatoms. The van der Waals surface area contributed by atoms with Crippen molar-refractivity contribution >= 4 is 0 Å². The number of nitrogens with zero attached hydrogens (tertiary/aromatic N) is 2. The standard InChI is InChI=1S/C9H7N3O/c13-8-6-10-12-11-9(8)7-4-2-1-3-5-7/h1-6H,(H,12,13). The third kappa shape index (κ3) is 1.46. The summed E-state index contributed by atoms with van der Waals surface area (Å²) in [5.41, 5.74) is 1.02. The number of aromatic nitrogens is 3. The van der Waals surface area contributed by atoms with Crippen LogP contribution in [0.15, 0.2) is 41.3 Å². The number of aromatic amines is 1. The lowest BCUT2D eigenvalue weighted by molar-refractivity contribution is 0.861. The smallest absolute Gasteiger partial charge is 0.226 e.